The number of carbonyl (C=O) groups excluding carboxylic acids is 1. The van der Waals surface area contributed by atoms with Gasteiger partial charge in [0.25, 0.3) is 0 Å². The monoisotopic (exact) mass is 287 g/mol. The Bertz CT molecular complexity index is 545. The molecule has 1 aliphatic carbocycles. The summed E-state index contributed by atoms with van der Waals surface area (Å²) in [6.07, 6.45) is 3.45. The van der Waals surface area contributed by atoms with Crippen LogP contribution in [0.15, 0.2) is 29.4 Å². The predicted molar refractivity (Wildman–Crippen MR) is 80.1 cm³/mol. The molecule has 5 heteroatoms. The number of carbonyl (C=O) groups is 1. The average Bonchev–Trinajstić information content (AvgIpc) is 2.97. The van der Waals surface area contributed by atoms with Crippen molar-refractivity contribution in [2.24, 2.45) is 22.7 Å². The van der Waals surface area contributed by atoms with Gasteiger partial charge in [-0.2, -0.15) is 0 Å². The first-order valence-electron chi connectivity index (χ1n) is 7.52. The maximum atomic E-state index is 12.7. The maximum absolute atomic E-state index is 12.7. The Hall–Kier alpha value is -2.04. The van der Waals surface area contributed by atoms with Crippen molar-refractivity contribution in [3.05, 3.63) is 35.4 Å². The van der Waals surface area contributed by atoms with Crippen molar-refractivity contribution in [1.29, 1.82) is 0 Å². The Morgan fingerprint density at radius 1 is 1.24 bits per heavy atom. The Morgan fingerprint density at radius 2 is 1.90 bits per heavy atom. The zero-order chi connectivity index (χ0) is 14.8. The third-order valence-corrected chi connectivity index (χ3v) is 4.67. The van der Waals surface area contributed by atoms with Crippen molar-refractivity contribution in [1.82, 2.24) is 4.90 Å². The highest BCUT2D eigenvalue weighted by molar-refractivity contribution is 5.85. The van der Waals surface area contributed by atoms with Gasteiger partial charge in [0, 0.05) is 24.9 Å². The van der Waals surface area contributed by atoms with Crippen molar-refractivity contribution < 1.29 is 10.0 Å². The summed E-state index contributed by atoms with van der Waals surface area (Å²) in [6, 6.07) is 8.28. The van der Waals surface area contributed by atoms with Crippen LogP contribution in [0.3, 0.4) is 0 Å². The molecular formula is C16H21N3O2. The Labute approximate surface area is 124 Å². The van der Waals surface area contributed by atoms with E-state index < -0.39 is 0 Å². The molecule has 1 heterocycles. The fourth-order valence-electron chi connectivity index (χ4n) is 3.49. The molecule has 0 radical (unpaired) electrons. The highest BCUT2D eigenvalue weighted by atomic mass is 16.4. The van der Waals surface area contributed by atoms with E-state index in [1.54, 1.807) is 0 Å². The molecule has 1 aliphatic heterocycles. The van der Waals surface area contributed by atoms with Crippen LogP contribution in [0.2, 0.25) is 0 Å². The molecule has 5 nitrogen and oxygen atoms in total. The van der Waals surface area contributed by atoms with Gasteiger partial charge in [0.15, 0.2) is 0 Å². The van der Waals surface area contributed by atoms with Crippen LogP contribution >= 0.6 is 0 Å². The second-order valence-electron chi connectivity index (χ2n) is 6.02. The van der Waals surface area contributed by atoms with E-state index in [0.29, 0.717) is 6.54 Å². The Morgan fingerprint density at radius 3 is 2.52 bits per heavy atom. The van der Waals surface area contributed by atoms with E-state index in [4.69, 9.17) is 10.9 Å². The van der Waals surface area contributed by atoms with Crippen LogP contribution in [-0.2, 0) is 17.6 Å². The molecule has 1 fully saturated rings. The van der Waals surface area contributed by atoms with Crippen LogP contribution in [0.5, 0.6) is 0 Å². The average molecular weight is 287 g/mol. The van der Waals surface area contributed by atoms with E-state index in [1.165, 1.54) is 11.1 Å². The first kappa shape index (κ1) is 13.9. The number of rotatable bonds is 2. The van der Waals surface area contributed by atoms with Crippen LogP contribution in [0.1, 0.15) is 24.0 Å². The smallest absolute Gasteiger partial charge is 0.226 e. The molecule has 1 aromatic rings. The third kappa shape index (κ3) is 2.73. The van der Waals surface area contributed by atoms with Crippen molar-refractivity contribution in [2.75, 3.05) is 13.1 Å². The quantitative estimate of drug-likeness (QED) is 0.373. The first-order valence-corrected chi connectivity index (χ1v) is 7.52. The summed E-state index contributed by atoms with van der Waals surface area (Å²) in [6.45, 7) is 1.35. The highest BCUT2D eigenvalue weighted by Gasteiger charge is 2.33. The lowest BCUT2D eigenvalue weighted by molar-refractivity contribution is -0.136. The Balaban J connectivity index is 1.66. The topological polar surface area (TPSA) is 78.9 Å². The molecule has 1 unspecified atom stereocenters. The molecular weight excluding hydrogens is 266 g/mol. The number of likely N-dealkylation sites (tertiary alicyclic amines) is 1. The van der Waals surface area contributed by atoms with Gasteiger partial charge in [0.1, 0.15) is 5.84 Å². The number of fused-ring (bicyclic) bond motifs is 1. The van der Waals surface area contributed by atoms with Crippen molar-refractivity contribution in [2.45, 2.75) is 25.7 Å². The van der Waals surface area contributed by atoms with Crippen LogP contribution in [-0.4, -0.2) is 34.9 Å². The van der Waals surface area contributed by atoms with Crippen molar-refractivity contribution >= 4 is 11.7 Å². The summed E-state index contributed by atoms with van der Waals surface area (Å²) in [5, 5.41) is 11.9. The van der Waals surface area contributed by atoms with Gasteiger partial charge in [0.2, 0.25) is 5.91 Å². The second-order valence-corrected chi connectivity index (χ2v) is 6.02. The van der Waals surface area contributed by atoms with Gasteiger partial charge in [-0.3, -0.25) is 4.79 Å². The molecule has 21 heavy (non-hydrogen) atoms. The number of amides is 1. The minimum atomic E-state index is -0.0171. The van der Waals surface area contributed by atoms with Crippen molar-refractivity contribution in [3.63, 3.8) is 0 Å². The molecule has 0 bridgehead atoms. The minimum Gasteiger partial charge on any atom is -0.409 e. The SMILES string of the molecule is N/C(=N/O)C1CCCN(C(=O)C2Cc3ccccc3C2)C1. The number of hydrogen-bond acceptors (Lipinski definition) is 3. The van der Waals surface area contributed by atoms with E-state index in [0.717, 1.165) is 32.2 Å². The van der Waals surface area contributed by atoms with Gasteiger partial charge in [-0.25, -0.2) is 0 Å². The lowest BCUT2D eigenvalue weighted by Gasteiger charge is -2.33. The number of hydrogen-bond donors (Lipinski definition) is 2. The summed E-state index contributed by atoms with van der Waals surface area (Å²) < 4.78 is 0. The van der Waals surface area contributed by atoms with Gasteiger partial charge in [-0.15, -0.1) is 0 Å². The van der Waals surface area contributed by atoms with Crippen LogP contribution in [0.4, 0.5) is 0 Å². The molecule has 0 aromatic heterocycles. The lowest BCUT2D eigenvalue weighted by atomic mass is 9.95. The summed E-state index contributed by atoms with van der Waals surface area (Å²) in [7, 11) is 0. The molecule has 2 aliphatic rings. The number of nitrogens with two attached hydrogens (primary N) is 1. The zero-order valence-electron chi connectivity index (χ0n) is 12.0. The fraction of sp³-hybridized carbons (Fsp3) is 0.500. The Kier molecular flexibility index (Phi) is 3.82. The van der Waals surface area contributed by atoms with Gasteiger partial charge in [-0.05, 0) is 36.8 Å². The molecule has 1 amide bonds. The van der Waals surface area contributed by atoms with Gasteiger partial charge >= 0.3 is 0 Å². The van der Waals surface area contributed by atoms with Crippen LogP contribution in [0.25, 0.3) is 0 Å². The zero-order valence-corrected chi connectivity index (χ0v) is 12.0. The van der Waals surface area contributed by atoms with E-state index in [-0.39, 0.29) is 23.6 Å². The summed E-state index contributed by atoms with van der Waals surface area (Å²) in [4.78, 5) is 14.6. The lowest BCUT2D eigenvalue weighted by Crippen LogP contribution is -2.46. The van der Waals surface area contributed by atoms with E-state index in [1.807, 2.05) is 17.0 Å². The standard InChI is InChI=1S/C16H21N3O2/c17-15(18-21)13-6-3-7-19(10-13)16(20)14-8-11-4-1-2-5-12(11)9-14/h1-2,4-5,13-14,21H,3,6-10H2,(H2,17,18). The normalized spacial score (nSPS) is 23.1. The molecule has 1 atom stereocenters. The number of benzene rings is 1. The van der Waals surface area contributed by atoms with Crippen LogP contribution in [0, 0.1) is 11.8 Å². The number of amidine groups is 1. The van der Waals surface area contributed by atoms with Crippen molar-refractivity contribution in [3.8, 4) is 0 Å². The summed E-state index contributed by atoms with van der Waals surface area (Å²) in [5.74, 6) is 0.480. The molecule has 3 N–H and O–H groups in total. The van der Waals surface area contributed by atoms with E-state index in [9.17, 15) is 4.79 Å². The number of piperidine rings is 1. The first-order chi connectivity index (χ1) is 10.2. The molecule has 1 aromatic carbocycles. The van der Waals surface area contributed by atoms with Gasteiger partial charge in [0.05, 0.1) is 0 Å². The van der Waals surface area contributed by atoms with E-state index >= 15 is 0 Å². The van der Waals surface area contributed by atoms with E-state index in [2.05, 4.69) is 17.3 Å². The minimum absolute atomic E-state index is 0.0171. The molecule has 3 rings (SSSR count). The highest BCUT2D eigenvalue weighted by Crippen LogP contribution is 2.29. The third-order valence-electron chi connectivity index (χ3n) is 4.67. The molecule has 0 spiro atoms. The fourth-order valence-corrected chi connectivity index (χ4v) is 3.49. The molecule has 112 valence electrons. The van der Waals surface area contributed by atoms with Gasteiger partial charge < -0.3 is 15.8 Å². The predicted octanol–water partition coefficient (Wildman–Crippen LogP) is 1.39. The molecule has 1 saturated heterocycles. The largest absolute Gasteiger partial charge is 0.409 e. The number of oxime groups is 1. The summed E-state index contributed by atoms with van der Waals surface area (Å²) >= 11 is 0. The maximum Gasteiger partial charge on any atom is 0.226 e. The second kappa shape index (κ2) is 5.76. The molecule has 0 saturated carbocycles. The van der Waals surface area contributed by atoms with Crippen LogP contribution < -0.4 is 5.73 Å². The number of nitrogens with zero attached hydrogens (tertiary/aromatic N) is 2. The summed E-state index contributed by atoms with van der Waals surface area (Å²) in [5.41, 5.74) is 8.28. The van der Waals surface area contributed by atoms with Gasteiger partial charge in [-0.1, -0.05) is 29.4 Å².